The Bertz CT molecular complexity index is 1290. The molecule has 0 aromatic heterocycles. The summed E-state index contributed by atoms with van der Waals surface area (Å²) in [5, 5.41) is 3.63. The van der Waals surface area contributed by atoms with E-state index in [1.54, 1.807) is 5.56 Å². The van der Waals surface area contributed by atoms with Crippen LogP contribution in [0.4, 0.5) is 0 Å². The zero-order chi connectivity index (χ0) is 31.1. The third kappa shape index (κ3) is 8.59. The summed E-state index contributed by atoms with van der Waals surface area (Å²) in [7, 11) is 2.21. The number of fused-ring (bicyclic) bond motifs is 3. The summed E-state index contributed by atoms with van der Waals surface area (Å²) in [6.45, 7) is 24.2. The fraction of sp³-hybridized carbons (Fsp3) is 0.550. The van der Waals surface area contributed by atoms with Gasteiger partial charge >= 0.3 is 0 Å². The van der Waals surface area contributed by atoms with Crippen molar-refractivity contribution in [1.82, 2.24) is 15.1 Å². The summed E-state index contributed by atoms with van der Waals surface area (Å²) in [4.78, 5) is 4.99. The van der Waals surface area contributed by atoms with Crippen LogP contribution in [-0.4, -0.2) is 42.5 Å². The van der Waals surface area contributed by atoms with Crippen LogP contribution in [0.3, 0.4) is 0 Å². The molecule has 3 aliphatic heterocycles. The fourth-order valence-electron chi connectivity index (χ4n) is 7.27. The minimum Gasteiger partial charge on any atom is -0.313 e. The number of nitrogens with zero attached hydrogens (tertiary/aromatic N) is 2. The van der Waals surface area contributed by atoms with Gasteiger partial charge in [-0.2, -0.15) is 0 Å². The average molecular weight is 582 g/mol. The van der Waals surface area contributed by atoms with Gasteiger partial charge in [0.15, 0.2) is 0 Å². The smallest absolute Gasteiger partial charge is 0.0374 e. The van der Waals surface area contributed by atoms with Gasteiger partial charge in [0.05, 0.1) is 0 Å². The Balaban J connectivity index is 0.000000148. The highest BCUT2D eigenvalue weighted by Gasteiger charge is 2.33. The zero-order valence-corrected chi connectivity index (χ0v) is 28.7. The van der Waals surface area contributed by atoms with Crippen molar-refractivity contribution in [3.63, 3.8) is 0 Å². The molecule has 3 heteroatoms. The van der Waals surface area contributed by atoms with Crippen molar-refractivity contribution in [2.45, 2.75) is 99.3 Å². The van der Waals surface area contributed by atoms with Crippen LogP contribution in [0.1, 0.15) is 101 Å². The molecule has 3 atom stereocenters. The Labute approximate surface area is 264 Å². The number of hydrogen-bond acceptors (Lipinski definition) is 3. The van der Waals surface area contributed by atoms with E-state index >= 15 is 0 Å². The predicted molar refractivity (Wildman–Crippen MR) is 186 cm³/mol. The van der Waals surface area contributed by atoms with E-state index in [0.717, 1.165) is 32.1 Å². The molecule has 0 aliphatic carbocycles. The maximum atomic E-state index is 3.63. The summed E-state index contributed by atoms with van der Waals surface area (Å²) >= 11 is 0. The highest BCUT2D eigenvalue weighted by Crippen LogP contribution is 2.40. The lowest BCUT2D eigenvalue weighted by Gasteiger charge is -2.40. The summed E-state index contributed by atoms with van der Waals surface area (Å²) in [6, 6.07) is 27.9. The fourth-order valence-corrected chi connectivity index (χ4v) is 7.27. The Kier molecular flexibility index (Phi) is 11.7. The molecule has 6 rings (SSSR count). The minimum absolute atomic E-state index is 0.351. The second kappa shape index (κ2) is 15.0. The third-order valence-electron chi connectivity index (χ3n) is 9.82. The standard InChI is InChI=1S/C15H23N.C13H19N.C12H17N/c1-5-16-10-12-8-6-7-9-13(12)14(11-16)15(2,3)4;1-10(2)13-9-12-6-4-3-5-11(12)7-8-14-13;1-9(2)12-11-7-5-4-6-10(11)8-13(12)3/h6-9,14H,5,10-11H2,1-4H3;3-6,10,13-14H,7-9H2,1-2H3;4-7,9,12H,8H2,1-3H3. The van der Waals surface area contributed by atoms with Crippen LogP contribution in [0.2, 0.25) is 0 Å². The first-order valence-electron chi connectivity index (χ1n) is 16.9. The Hall–Kier alpha value is -2.46. The van der Waals surface area contributed by atoms with Gasteiger partial charge in [-0.3, -0.25) is 9.80 Å². The zero-order valence-electron chi connectivity index (χ0n) is 28.7. The molecule has 1 N–H and O–H groups in total. The molecule has 3 nitrogen and oxygen atoms in total. The molecule has 0 saturated heterocycles. The molecule has 0 amide bonds. The lowest BCUT2D eigenvalue weighted by Crippen LogP contribution is -2.38. The van der Waals surface area contributed by atoms with Gasteiger partial charge in [0.1, 0.15) is 0 Å². The number of rotatable bonds is 3. The Morgan fingerprint density at radius 3 is 1.88 bits per heavy atom. The SMILES string of the molecule is CC(C)C1Cc2ccccc2CCN1.CC(C)C1c2ccccc2CN1C.CCN1Cc2ccccc2C(C(C)(C)C)C1. The second-order valence-electron chi connectivity index (χ2n) is 14.8. The Morgan fingerprint density at radius 1 is 0.744 bits per heavy atom. The van der Waals surface area contributed by atoms with E-state index in [9.17, 15) is 0 Å². The number of likely N-dealkylation sites (N-methyl/N-ethyl adjacent to an activating group) is 1. The van der Waals surface area contributed by atoms with Gasteiger partial charge in [0.2, 0.25) is 0 Å². The van der Waals surface area contributed by atoms with Gasteiger partial charge in [-0.25, -0.2) is 0 Å². The van der Waals surface area contributed by atoms with Crippen molar-refractivity contribution < 1.29 is 0 Å². The van der Waals surface area contributed by atoms with Gasteiger partial charge in [-0.15, -0.1) is 0 Å². The lowest BCUT2D eigenvalue weighted by atomic mass is 9.73. The molecular weight excluding hydrogens is 522 g/mol. The quantitative estimate of drug-likeness (QED) is 0.333. The number of hydrogen-bond donors (Lipinski definition) is 1. The van der Waals surface area contributed by atoms with Crippen molar-refractivity contribution in [1.29, 1.82) is 0 Å². The molecule has 0 saturated carbocycles. The Morgan fingerprint density at radius 2 is 1.30 bits per heavy atom. The van der Waals surface area contributed by atoms with E-state index in [1.165, 1.54) is 47.2 Å². The largest absolute Gasteiger partial charge is 0.313 e. The van der Waals surface area contributed by atoms with Crippen LogP contribution >= 0.6 is 0 Å². The molecule has 3 unspecified atom stereocenters. The van der Waals surface area contributed by atoms with Gasteiger partial charge in [0, 0.05) is 37.6 Å². The molecule has 3 aromatic carbocycles. The van der Waals surface area contributed by atoms with Crippen LogP contribution in [-0.2, 0) is 25.9 Å². The van der Waals surface area contributed by atoms with E-state index in [-0.39, 0.29) is 0 Å². The van der Waals surface area contributed by atoms with E-state index in [4.69, 9.17) is 0 Å². The normalized spacial score (nSPS) is 22.0. The molecule has 0 fully saturated rings. The van der Waals surface area contributed by atoms with Crippen molar-refractivity contribution in [3.8, 4) is 0 Å². The second-order valence-corrected chi connectivity index (χ2v) is 14.8. The maximum absolute atomic E-state index is 3.63. The summed E-state index contributed by atoms with van der Waals surface area (Å²) in [6.07, 6.45) is 2.37. The van der Waals surface area contributed by atoms with Gasteiger partial charge in [-0.1, -0.05) is 128 Å². The van der Waals surface area contributed by atoms with Gasteiger partial charge in [-0.05, 0) is 83.6 Å². The van der Waals surface area contributed by atoms with Crippen LogP contribution < -0.4 is 5.32 Å². The summed E-state index contributed by atoms with van der Waals surface area (Å²) in [5.41, 5.74) is 9.54. The van der Waals surface area contributed by atoms with Gasteiger partial charge in [0.25, 0.3) is 0 Å². The van der Waals surface area contributed by atoms with Crippen molar-refractivity contribution in [2.75, 3.05) is 26.7 Å². The van der Waals surface area contributed by atoms with E-state index < -0.39 is 0 Å². The first kappa shape index (κ1) is 33.4. The summed E-state index contributed by atoms with van der Waals surface area (Å²) in [5.74, 6) is 2.09. The van der Waals surface area contributed by atoms with E-state index in [2.05, 4.69) is 150 Å². The van der Waals surface area contributed by atoms with Crippen LogP contribution in [0.5, 0.6) is 0 Å². The highest BCUT2D eigenvalue weighted by molar-refractivity contribution is 5.35. The average Bonchev–Trinajstić information content (AvgIpc) is 3.16. The molecule has 43 heavy (non-hydrogen) atoms. The van der Waals surface area contributed by atoms with Gasteiger partial charge < -0.3 is 5.32 Å². The maximum Gasteiger partial charge on any atom is 0.0374 e. The molecule has 0 radical (unpaired) electrons. The third-order valence-corrected chi connectivity index (χ3v) is 9.82. The first-order valence-corrected chi connectivity index (χ1v) is 16.9. The van der Waals surface area contributed by atoms with E-state index in [1.807, 2.05) is 0 Å². The van der Waals surface area contributed by atoms with E-state index in [0.29, 0.717) is 29.3 Å². The minimum atomic E-state index is 0.351. The molecule has 0 spiro atoms. The lowest BCUT2D eigenvalue weighted by molar-refractivity contribution is 0.178. The number of nitrogens with one attached hydrogen (secondary N) is 1. The molecule has 3 aromatic rings. The summed E-state index contributed by atoms with van der Waals surface area (Å²) < 4.78 is 0. The number of benzene rings is 3. The molecular formula is C40H59N3. The first-order chi connectivity index (χ1) is 20.5. The topological polar surface area (TPSA) is 18.5 Å². The molecule has 3 aliphatic rings. The van der Waals surface area contributed by atoms with Crippen molar-refractivity contribution >= 4 is 0 Å². The predicted octanol–water partition coefficient (Wildman–Crippen LogP) is 8.88. The highest BCUT2D eigenvalue weighted by atomic mass is 15.2. The van der Waals surface area contributed by atoms with Crippen LogP contribution in [0, 0.1) is 17.3 Å². The van der Waals surface area contributed by atoms with Crippen molar-refractivity contribution in [3.05, 3.63) is 106 Å². The van der Waals surface area contributed by atoms with Crippen LogP contribution in [0.15, 0.2) is 72.8 Å². The monoisotopic (exact) mass is 581 g/mol. The van der Waals surface area contributed by atoms with Crippen LogP contribution in [0.25, 0.3) is 0 Å². The molecule has 0 bridgehead atoms. The van der Waals surface area contributed by atoms with Crippen molar-refractivity contribution in [2.24, 2.45) is 17.3 Å². The molecule has 234 valence electrons. The molecule has 3 heterocycles.